The van der Waals surface area contributed by atoms with Crippen molar-refractivity contribution in [1.82, 2.24) is 0 Å². The summed E-state index contributed by atoms with van der Waals surface area (Å²) in [5.74, 6) is -8.29. The summed E-state index contributed by atoms with van der Waals surface area (Å²) in [5.41, 5.74) is -1.74. The van der Waals surface area contributed by atoms with E-state index in [4.69, 9.17) is 9.47 Å². The molecule has 1 atom stereocenters. The molecular weight excluding hydrogens is 466 g/mol. The largest absolute Gasteiger partial charge is 0.493 e. The topological polar surface area (TPSA) is 44.8 Å². The molecule has 4 nitrogen and oxygen atoms in total. The first kappa shape index (κ1) is 25.6. The maximum absolute atomic E-state index is 14.7. The van der Waals surface area contributed by atoms with Crippen LogP contribution in [-0.4, -0.2) is 19.2 Å². The maximum Gasteiger partial charge on any atom is 0.422 e. The number of alkyl halides is 3. The van der Waals surface area contributed by atoms with Gasteiger partial charge in [-0.05, 0) is 43.5 Å². The lowest BCUT2D eigenvalue weighted by molar-refractivity contribution is -0.141. The number of hydrogen-bond donors (Lipinski definition) is 0. The molecule has 0 radical (unpaired) electrons. The Hall–Kier alpha value is -3.01. The van der Waals surface area contributed by atoms with Gasteiger partial charge in [-0.15, -0.1) is 0 Å². The van der Waals surface area contributed by atoms with E-state index in [0.29, 0.717) is 6.42 Å². The Balaban J connectivity index is 1.86. The zero-order valence-electron chi connectivity index (χ0n) is 18.4. The highest BCUT2D eigenvalue weighted by atomic mass is 19.4. The predicted molar refractivity (Wildman–Crippen MR) is 110 cm³/mol. The first-order valence-electron chi connectivity index (χ1n) is 10.6. The molecule has 0 spiro atoms. The van der Waals surface area contributed by atoms with E-state index in [2.05, 4.69) is 4.74 Å². The van der Waals surface area contributed by atoms with Crippen molar-refractivity contribution in [2.24, 2.45) is 0 Å². The number of ether oxygens (including phenoxy) is 3. The summed E-state index contributed by atoms with van der Waals surface area (Å²) >= 11 is 0. The van der Waals surface area contributed by atoms with Crippen molar-refractivity contribution in [1.29, 1.82) is 0 Å². The number of halogens is 6. The number of rotatable bonds is 7. The third-order valence-electron chi connectivity index (χ3n) is 5.19. The Morgan fingerprint density at radius 1 is 1.03 bits per heavy atom. The number of carbonyl (C=O) groups is 1. The van der Waals surface area contributed by atoms with E-state index in [0.717, 1.165) is 42.7 Å². The Bertz CT molecular complexity index is 1090. The zero-order valence-corrected chi connectivity index (χ0v) is 18.4. The molecule has 0 aromatic heterocycles. The van der Waals surface area contributed by atoms with Gasteiger partial charge in [-0.3, -0.25) is 0 Å². The summed E-state index contributed by atoms with van der Waals surface area (Å²) in [7, 11) is 0. The summed E-state index contributed by atoms with van der Waals surface area (Å²) in [6.45, 7) is 3.51. The van der Waals surface area contributed by atoms with Gasteiger partial charge in [0, 0.05) is 5.56 Å². The smallest absolute Gasteiger partial charge is 0.422 e. The van der Waals surface area contributed by atoms with Crippen LogP contribution in [0.2, 0.25) is 0 Å². The third-order valence-corrected chi connectivity index (χ3v) is 5.19. The molecule has 2 aromatic rings. The van der Waals surface area contributed by atoms with Gasteiger partial charge in [0.25, 0.3) is 0 Å². The minimum absolute atomic E-state index is 0.118. The highest BCUT2D eigenvalue weighted by molar-refractivity contribution is 5.91. The van der Waals surface area contributed by atoms with E-state index in [1.807, 2.05) is 13.0 Å². The fourth-order valence-corrected chi connectivity index (χ4v) is 3.60. The molecule has 184 valence electrons. The van der Waals surface area contributed by atoms with Crippen LogP contribution in [0.5, 0.6) is 11.5 Å². The van der Waals surface area contributed by atoms with E-state index < -0.39 is 58.3 Å². The molecule has 0 aliphatic carbocycles. The Morgan fingerprint density at radius 2 is 1.74 bits per heavy atom. The van der Waals surface area contributed by atoms with Crippen LogP contribution >= 0.6 is 0 Å². The van der Waals surface area contributed by atoms with Crippen molar-refractivity contribution in [2.75, 3.05) is 13.2 Å². The number of esters is 1. The van der Waals surface area contributed by atoms with Crippen molar-refractivity contribution in [3.05, 3.63) is 70.1 Å². The molecule has 3 rings (SSSR count). The van der Waals surface area contributed by atoms with Gasteiger partial charge in [0.05, 0.1) is 24.9 Å². The second kappa shape index (κ2) is 10.5. The molecule has 0 fully saturated rings. The SMILES string of the molecule is CCCC1=CCC(c2ccc(C(=O)Oc3ccc(OCC)c(C(F)(F)F)c3F)c(F)c2F)OC1. The highest BCUT2D eigenvalue weighted by Gasteiger charge is 2.40. The lowest BCUT2D eigenvalue weighted by Gasteiger charge is -2.24. The molecular formula is C24H22F6O4. The van der Waals surface area contributed by atoms with Gasteiger partial charge in [-0.2, -0.15) is 13.2 Å². The predicted octanol–water partition coefficient (Wildman–Crippen LogP) is 6.93. The summed E-state index contributed by atoms with van der Waals surface area (Å²) in [6.07, 6.45) is -1.97. The summed E-state index contributed by atoms with van der Waals surface area (Å²) in [6, 6.07) is 3.57. The molecule has 0 saturated carbocycles. The molecule has 1 aliphatic heterocycles. The van der Waals surface area contributed by atoms with E-state index in [1.165, 1.54) is 6.92 Å². The molecule has 1 aliphatic rings. The number of carbonyl (C=O) groups excluding carboxylic acids is 1. The quantitative estimate of drug-likeness (QED) is 0.184. The van der Waals surface area contributed by atoms with Crippen molar-refractivity contribution >= 4 is 5.97 Å². The van der Waals surface area contributed by atoms with Crippen LogP contribution in [0.15, 0.2) is 35.9 Å². The molecule has 1 unspecified atom stereocenters. The van der Waals surface area contributed by atoms with Crippen LogP contribution in [0, 0.1) is 17.5 Å². The molecule has 34 heavy (non-hydrogen) atoms. The first-order chi connectivity index (χ1) is 16.1. The van der Waals surface area contributed by atoms with Crippen LogP contribution in [0.3, 0.4) is 0 Å². The van der Waals surface area contributed by atoms with Gasteiger partial charge >= 0.3 is 12.1 Å². The van der Waals surface area contributed by atoms with E-state index in [-0.39, 0.29) is 18.8 Å². The summed E-state index contributed by atoms with van der Waals surface area (Å²) < 4.78 is 98.8. The Labute approximate surface area is 192 Å². The van der Waals surface area contributed by atoms with E-state index in [9.17, 15) is 31.1 Å². The van der Waals surface area contributed by atoms with Gasteiger partial charge < -0.3 is 14.2 Å². The zero-order chi connectivity index (χ0) is 25.0. The van der Waals surface area contributed by atoms with Crippen molar-refractivity contribution < 1.29 is 45.3 Å². The minimum atomic E-state index is -5.15. The highest BCUT2D eigenvalue weighted by Crippen LogP contribution is 2.41. The molecule has 0 amide bonds. The van der Waals surface area contributed by atoms with Crippen LogP contribution in [0.25, 0.3) is 0 Å². The van der Waals surface area contributed by atoms with Gasteiger partial charge in [0.1, 0.15) is 11.3 Å². The van der Waals surface area contributed by atoms with Crippen molar-refractivity contribution in [3.63, 3.8) is 0 Å². The van der Waals surface area contributed by atoms with Crippen LogP contribution in [0.4, 0.5) is 26.3 Å². The standard InChI is InChI=1S/C24H22F6O4/c1-3-5-13-6-9-16(33-12-13)14-7-8-15(21(26)20(14)25)23(31)34-18-11-10-17(32-4-2)19(22(18)27)24(28,29)30/h6-8,10-11,16H,3-5,9,12H2,1-2H3. The molecule has 2 aromatic carbocycles. The van der Waals surface area contributed by atoms with Crippen LogP contribution in [-0.2, 0) is 10.9 Å². The normalized spacial score (nSPS) is 16.2. The molecule has 0 saturated heterocycles. The van der Waals surface area contributed by atoms with Crippen molar-refractivity contribution in [3.8, 4) is 11.5 Å². The Kier molecular flexibility index (Phi) is 7.91. The lowest BCUT2D eigenvalue weighted by Crippen LogP contribution is -2.18. The second-order valence-electron chi connectivity index (χ2n) is 7.55. The van der Waals surface area contributed by atoms with Gasteiger partial charge in [0.15, 0.2) is 23.2 Å². The molecule has 10 heteroatoms. The van der Waals surface area contributed by atoms with E-state index in [1.54, 1.807) is 0 Å². The van der Waals surface area contributed by atoms with Crippen molar-refractivity contribution in [2.45, 2.75) is 45.4 Å². The minimum Gasteiger partial charge on any atom is -0.493 e. The fourth-order valence-electron chi connectivity index (χ4n) is 3.60. The fraction of sp³-hybridized carbons (Fsp3) is 0.375. The lowest BCUT2D eigenvalue weighted by atomic mass is 9.98. The molecule has 0 N–H and O–H groups in total. The monoisotopic (exact) mass is 488 g/mol. The molecule has 0 bridgehead atoms. The third kappa shape index (κ3) is 5.38. The average Bonchev–Trinajstić information content (AvgIpc) is 2.77. The number of benzene rings is 2. The van der Waals surface area contributed by atoms with E-state index >= 15 is 0 Å². The van der Waals surface area contributed by atoms with Crippen LogP contribution < -0.4 is 9.47 Å². The van der Waals surface area contributed by atoms with Gasteiger partial charge in [-0.25, -0.2) is 18.0 Å². The van der Waals surface area contributed by atoms with Gasteiger partial charge in [0.2, 0.25) is 0 Å². The molecule has 1 heterocycles. The first-order valence-corrected chi connectivity index (χ1v) is 10.6. The average molecular weight is 488 g/mol. The van der Waals surface area contributed by atoms with Crippen LogP contribution in [0.1, 0.15) is 60.7 Å². The Morgan fingerprint density at radius 3 is 2.32 bits per heavy atom. The second-order valence-corrected chi connectivity index (χ2v) is 7.55. The number of hydrogen-bond acceptors (Lipinski definition) is 4. The summed E-state index contributed by atoms with van der Waals surface area (Å²) in [5, 5.41) is 0. The summed E-state index contributed by atoms with van der Waals surface area (Å²) in [4.78, 5) is 12.4. The maximum atomic E-state index is 14.7. The van der Waals surface area contributed by atoms with Gasteiger partial charge in [-0.1, -0.05) is 25.5 Å².